The van der Waals surface area contributed by atoms with Gasteiger partial charge < -0.3 is 9.47 Å². The highest BCUT2D eigenvalue weighted by Crippen LogP contribution is 2.29. The molecule has 1 saturated carbocycles. The predicted octanol–water partition coefficient (Wildman–Crippen LogP) is 1.18. The number of aryl methyl sites for hydroxylation is 1. The van der Waals surface area contributed by atoms with Crippen molar-refractivity contribution >= 4 is 5.91 Å². The van der Waals surface area contributed by atoms with Gasteiger partial charge in [-0.1, -0.05) is 0 Å². The van der Waals surface area contributed by atoms with Crippen molar-refractivity contribution in [2.45, 2.75) is 31.9 Å². The zero-order chi connectivity index (χ0) is 11.7. The smallest absolute Gasteiger partial charge is 0.315 e. The molecule has 0 radical (unpaired) electrons. The molecule has 1 fully saturated rings. The summed E-state index contributed by atoms with van der Waals surface area (Å²) in [5.41, 5.74) is 0. The molecule has 0 aromatic carbocycles. The highest BCUT2D eigenvalue weighted by Gasteiger charge is 2.36. The average Bonchev–Trinajstić information content (AvgIpc) is 2.99. The lowest BCUT2D eigenvalue weighted by atomic mass is 10.4. The summed E-state index contributed by atoms with van der Waals surface area (Å²) in [6.45, 7) is 0.164. The number of imidazole rings is 1. The summed E-state index contributed by atoms with van der Waals surface area (Å²) in [7, 11) is 1.78. The van der Waals surface area contributed by atoms with E-state index in [0.29, 0.717) is 5.82 Å². The van der Waals surface area contributed by atoms with E-state index < -0.39 is 12.3 Å². The number of rotatable bonds is 4. The maximum absolute atomic E-state index is 12.4. The van der Waals surface area contributed by atoms with E-state index in [1.807, 2.05) is 0 Å². The van der Waals surface area contributed by atoms with Crippen molar-refractivity contribution in [2.24, 2.45) is 7.05 Å². The molecule has 0 spiro atoms. The van der Waals surface area contributed by atoms with E-state index in [2.05, 4.69) is 4.98 Å². The number of carbonyl (C=O) groups is 1. The van der Waals surface area contributed by atoms with Crippen LogP contribution in [0.2, 0.25) is 0 Å². The van der Waals surface area contributed by atoms with Gasteiger partial charge in [0.25, 0.3) is 5.91 Å². The Kier molecular flexibility index (Phi) is 2.89. The van der Waals surface area contributed by atoms with Gasteiger partial charge >= 0.3 is 6.43 Å². The Balaban J connectivity index is 2.09. The molecule has 1 aromatic heterocycles. The Morgan fingerprint density at radius 3 is 2.81 bits per heavy atom. The molecule has 1 heterocycles. The van der Waals surface area contributed by atoms with E-state index in [-0.39, 0.29) is 12.6 Å². The first-order valence-corrected chi connectivity index (χ1v) is 5.14. The maximum Gasteiger partial charge on any atom is 0.315 e. The van der Waals surface area contributed by atoms with E-state index in [0.717, 1.165) is 12.8 Å². The monoisotopic (exact) mass is 229 g/mol. The Morgan fingerprint density at radius 1 is 1.69 bits per heavy atom. The fraction of sp³-hybridized carbons (Fsp3) is 0.600. The number of aromatic nitrogens is 2. The van der Waals surface area contributed by atoms with Crippen LogP contribution < -0.4 is 0 Å². The van der Waals surface area contributed by atoms with E-state index in [9.17, 15) is 13.6 Å². The highest BCUT2D eigenvalue weighted by molar-refractivity contribution is 5.79. The first-order chi connectivity index (χ1) is 7.59. The molecule has 1 aliphatic rings. The minimum Gasteiger partial charge on any atom is -0.337 e. The Labute approximate surface area is 91.9 Å². The molecule has 88 valence electrons. The van der Waals surface area contributed by atoms with Crippen molar-refractivity contribution < 1.29 is 13.6 Å². The molecule has 1 aromatic rings. The van der Waals surface area contributed by atoms with Crippen molar-refractivity contribution in [3.63, 3.8) is 0 Å². The lowest BCUT2D eigenvalue weighted by molar-refractivity contribution is -0.144. The topological polar surface area (TPSA) is 38.1 Å². The molecule has 6 heteroatoms. The Bertz CT molecular complexity index is 387. The standard InChI is InChI=1S/C10H13F2N3O/c1-14-5-4-13-8(14)6-15(7-2-3-7)10(16)9(11)12/h4-5,7,9H,2-3,6H2,1H3. The van der Waals surface area contributed by atoms with Crippen molar-refractivity contribution in [3.8, 4) is 0 Å². The van der Waals surface area contributed by atoms with Crippen LogP contribution in [-0.4, -0.2) is 32.8 Å². The normalized spacial score (nSPS) is 15.5. The largest absolute Gasteiger partial charge is 0.337 e. The predicted molar refractivity (Wildman–Crippen MR) is 52.8 cm³/mol. The zero-order valence-corrected chi connectivity index (χ0v) is 8.94. The van der Waals surface area contributed by atoms with Crippen molar-refractivity contribution in [3.05, 3.63) is 18.2 Å². The van der Waals surface area contributed by atoms with E-state index in [4.69, 9.17) is 0 Å². The highest BCUT2D eigenvalue weighted by atomic mass is 19.3. The third kappa shape index (κ3) is 2.20. The molecular formula is C10H13F2N3O. The third-order valence-electron chi connectivity index (χ3n) is 2.69. The van der Waals surface area contributed by atoms with E-state index in [1.165, 1.54) is 4.90 Å². The van der Waals surface area contributed by atoms with Crippen molar-refractivity contribution in [1.29, 1.82) is 0 Å². The van der Waals surface area contributed by atoms with E-state index in [1.54, 1.807) is 24.0 Å². The molecule has 1 aliphatic carbocycles. The molecule has 4 nitrogen and oxygen atoms in total. The number of nitrogens with zero attached hydrogens (tertiary/aromatic N) is 3. The molecule has 0 saturated heterocycles. The Morgan fingerprint density at radius 2 is 2.38 bits per heavy atom. The van der Waals surface area contributed by atoms with Gasteiger partial charge in [-0.25, -0.2) is 4.98 Å². The Hall–Kier alpha value is -1.46. The van der Waals surface area contributed by atoms with Crippen molar-refractivity contribution in [2.75, 3.05) is 0 Å². The first kappa shape index (κ1) is 11.0. The number of hydrogen-bond acceptors (Lipinski definition) is 2. The molecule has 0 atom stereocenters. The molecule has 2 rings (SSSR count). The van der Waals surface area contributed by atoms with Gasteiger partial charge in [-0.05, 0) is 12.8 Å². The second-order valence-electron chi connectivity index (χ2n) is 3.95. The van der Waals surface area contributed by atoms with Gasteiger partial charge in [0.1, 0.15) is 5.82 Å². The van der Waals surface area contributed by atoms with Crippen molar-refractivity contribution in [1.82, 2.24) is 14.5 Å². The van der Waals surface area contributed by atoms with Gasteiger partial charge in [0.15, 0.2) is 0 Å². The summed E-state index contributed by atoms with van der Waals surface area (Å²) in [5, 5.41) is 0. The number of amides is 1. The van der Waals surface area contributed by atoms with Crippen LogP contribution in [0.25, 0.3) is 0 Å². The summed E-state index contributed by atoms with van der Waals surface area (Å²) in [4.78, 5) is 16.6. The van der Waals surface area contributed by atoms with Gasteiger partial charge in [0.05, 0.1) is 6.54 Å². The SMILES string of the molecule is Cn1ccnc1CN(C(=O)C(F)F)C1CC1. The van der Waals surface area contributed by atoms with Crippen LogP contribution in [0, 0.1) is 0 Å². The lowest BCUT2D eigenvalue weighted by Crippen LogP contribution is -2.37. The molecule has 0 unspecified atom stereocenters. The second kappa shape index (κ2) is 4.19. The minimum absolute atomic E-state index is 0.0294. The summed E-state index contributed by atoms with van der Waals surface area (Å²) in [6, 6.07) is -0.0294. The van der Waals surface area contributed by atoms with Crippen LogP contribution in [0.5, 0.6) is 0 Å². The second-order valence-corrected chi connectivity index (χ2v) is 3.95. The first-order valence-electron chi connectivity index (χ1n) is 5.14. The average molecular weight is 229 g/mol. The fourth-order valence-electron chi connectivity index (χ4n) is 1.60. The molecule has 16 heavy (non-hydrogen) atoms. The summed E-state index contributed by atoms with van der Waals surface area (Å²) in [5.74, 6) is -0.466. The molecule has 0 N–H and O–H groups in total. The van der Waals surface area contributed by atoms with Crippen LogP contribution in [-0.2, 0) is 18.4 Å². The van der Waals surface area contributed by atoms with Gasteiger partial charge in [0, 0.05) is 25.5 Å². The van der Waals surface area contributed by atoms with Gasteiger partial charge in [-0.2, -0.15) is 8.78 Å². The summed E-state index contributed by atoms with van der Waals surface area (Å²) >= 11 is 0. The number of alkyl halides is 2. The number of hydrogen-bond donors (Lipinski definition) is 0. The van der Waals surface area contributed by atoms with Crippen LogP contribution in [0.1, 0.15) is 18.7 Å². The van der Waals surface area contributed by atoms with Crippen LogP contribution in [0.15, 0.2) is 12.4 Å². The molecule has 0 aliphatic heterocycles. The van der Waals surface area contributed by atoms with E-state index >= 15 is 0 Å². The number of halogens is 2. The fourth-order valence-corrected chi connectivity index (χ4v) is 1.60. The quantitative estimate of drug-likeness (QED) is 0.777. The lowest BCUT2D eigenvalue weighted by Gasteiger charge is -2.21. The number of carbonyl (C=O) groups excluding carboxylic acids is 1. The van der Waals surface area contributed by atoms with Crippen LogP contribution >= 0.6 is 0 Å². The van der Waals surface area contributed by atoms with Gasteiger partial charge in [0.2, 0.25) is 0 Å². The maximum atomic E-state index is 12.4. The zero-order valence-electron chi connectivity index (χ0n) is 8.94. The third-order valence-corrected chi connectivity index (χ3v) is 2.69. The van der Waals surface area contributed by atoms with Gasteiger partial charge in [-0.3, -0.25) is 4.79 Å². The molecular weight excluding hydrogens is 216 g/mol. The summed E-state index contributed by atoms with van der Waals surface area (Å²) < 4.78 is 26.5. The minimum atomic E-state index is -2.93. The van der Waals surface area contributed by atoms with Crippen LogP contribution in [0.4, 0.5) is 8.78 Å². The molecule has 0 bridgehead atoms. The van der Waals surface area contributed by atoms with Gasteiger partial charge in [-0.15, -0.1) is 0 Å². The summed E-state index contributed by atoms with van der Waals surface area (Å²) in [6.07, 6.45) is 2.01. The molecule has 1 amide bonds. The van der Waals surface area contributed by atoms with Crippen LogP contribution in [0.3, 0.4) is 0 Å².